The average Bonchev–Trinajstić information content (AvgIpc) is 2.72. The lowest BCUT2D eigenvalue weighted by Crippen LogP contribution is -2.36. The number of rotatable bonds is 5. The highest BCUT2D eigenvalue weighted by molar-refractivity contribution is 7.99. The van der Waals surface area contributed by atoms with Crippen LogP contribution in [0.15, 0.2) is 47.4 Å². The van der Waals surface area contributed by atoms with Crippen molar-refractivity contribution in [3.05, 3.63) is 59.7 Å². The van der Waals surface area contributed by atoms with Crippen LogP contribution in [0.2, 0.25) is 0 Å². The van der Waals surface area contributed by atoms with Gasteiger partial charge in [0.2, 0.25) is 11.8 Å². The first-order valence-corrected chi connectivity index (χ1v) is 10.1. The first-order chi connectivity index (χ1) is 13.4. The van der Waals surface area contributed by atoms with E-state index in [0.29, 0.717) is 12.1 Å². The Morgan fingerprint density at radius 2 is 1.89 bits per heavy atom. The molecule has 1 aliphatic rings. The third-order valence-electron chi connectivity index (χ3n) is 4.98. The van der Waals surface area contributed by atoms with Crippen molar-refractivity contribution in [1.29, 1.82) is 0 Å². The first kappa shape index (κ1) is 20.3. The molecular formula is C21H22F2N2O2S. The summed E-state index contributed by atoms with van der Waals surface area (Å²) in [5.74, 6) is -1.35. The lowest BCUT2D eigenvalue weighted by atomic mass is 10.1. The van der Waals surface area contributed by atoms with Gasteiger partial charge in [-0.05, 0) is 36.8 Å². The summed E-state index contributed by atoms with van der Waals surface area (Å²) in [5.41, 5.74) is 1.39. The molecule has 0 aromatic heterocycles. The van der Waals surface area contributed by atoms with E-state index in [9.17, 15) is 18.4 Å². The van der Waals surface area contributed by atoms with E-state index in [1.807, 2.05) is 24.3 Å². The highest BCUT2D eigenvalue weighted by Crippen LogP contribution is 2.34. The summed E-state index contributed by atoms with van der Waals surface area (Å²) in [6.45, 7) is 2.36. The predicted molar refractivity (Wildman–Crippen MR) is 106 cm³/mol. The summed E-state index contributed by atoms with van der Waals surface area (Å²) in [6.07, 6.45) is 0.168. The second kappa shape index (κ2) is 8.73. The number of halogens is 2. The van der Waals surface area contributed by atoms with Crippen LogP contribution in [-0.2, 0) is 9.59 Å². The normalized spacial score (nSPS) is 14.4. The molecule has 2 amide bonds. The van der Waals surface area contributed by atoms with E-state index in [0.717, 1.165) is 28.5 Å². The Hall–Kier alpha value is -2.41. The number of carbonyl (C=O) groups excluding carboxylic acids is 2. The molecule has 0 aliphatic carbocycles. The molecule has 3 rings (SSSR count). The molecule has 0 spiro atoms. The van der Waals surface area contributed by atoms with E-state index in [1.54, 1.807) is 30.6 Å². The molecule has 0 saturated heterocycles. The summed E-state index contributed by atoms with van der Waals surface area (Å²) < 4.78 is 26.6. The van der Waals surface area contributed by atoms with Gasteiger partial charge in [0.05, 0.1) is 11.7 Å². The molecule has 4 nitrogen and oxygen atoms in total. The van der Waals surface area contributed by atoms with Gasteiger partial charge in [-0.15, -0.1) is 11.8 Å². The Labute approximate surface area is 167 Å². The molecule has 0 fully saturated rings. The number of amides is 2. The van der Waals surface area contributed by atoms with Crippen LogP contribution in [0.4, 0.5) is 14.5 Å². The number of anilines is 1. The quantitative estimate of drug-likeness (QED) is 0.742. The average molecular weight is 404 g/mol. The number of carbonyl (C=O) groups is 2. The first-order valence-electron chi connectivity index (χ1n) is 9.11. The minimum atomic E-state index is -0.943. The maximum atomic E-state index is 13.5. The molecule has 1 heterocycles. The summed E-state index contributed by atoms with van der Waals surface area (Å²) >= 11 is 1.72. The summed E-state index contributed by atoms with van der Waals surface area (Å²) in [4.78, 5) is 29.4. The second-order valence-electron chi connectivity index (χ2n) is 6.72. The zero-order valence-electron chi connectivity index (χ0n) is 15.8. The predicted octanol–water partition coefficient (Wildman–Crippen LogP) is 4.40. The Bertz CT molecular complexity index is 890. The molecule has 0 N–H and O–H groups in total. The van der Waals surface area contributed by atoms with Gasteiger partial charge in [-0.25, -0.2) is 8.78 Å². The molecule has 0 bridgehead atoms. The van der Waals surface area contributed by atoms with Crippen LogP contribution in [0, 0.1) is 11.6 Å². The van der Waals surface area contributed by atoms with Gasteiger partial charge < -0.3 is 9.80 Å². The lowest BCUT2D eigenvalue weighted by molar-refractivity contribution is -0.133. The summed E-state index contributed by atoms with van der Waals surface area (Å²) in [6, 6.07) is 10.9. The number of para-hydroxylation sites is 1. The summed E-state index contributed by atoms with van der Waals surface area (Å²) in [5, 5.41) is 0. The van der Waals surface area contributed by atoms with E-state index in [2.05, 4.69) is 0 Å². The number of thioether (sulfide) groups is 1. The molecule has 1 atom stereocenters. The minimum Gasteiger partial charge on any atom is -0.339 e. The van der Waals surface area contributed by atoms with Crippen molar-refractivity contribution >= 4 is 29.3 Å². The van der Waals surface area contributed by atoms with Gasteiger partial charge in [0.15, 0.2) is 11.6 Å². The highest BCUT2D eigenvalue weighted by Gasteiger charge is 2.24. The van der Waals surface area contributed by atoms with Gasteiger partial charge in [0.1, 0.15) is 0 Å². The van der Waals surface area contributed by atoms with Crippen molar-refractivity contribution < 1.29 is 18.4 Å². The third-order valence-corrected chi connectivity index (χ3v) is 6.03. The van der Waals surface area contributed by atoms with Gasteiger partial charge in [0, 0.05) is 37.1 Å². The maximum absolute atomic E-state index is 13.5. The summed E-state index contributed by atoms with van der Waals surface area (Å²) in [7, 11) is 1.60. The zero-order chi connectivity index (χ0) is 20.3. The van der Waals surface area contributed by atoms with Gasteiger partial charge in [-0.3, -0.25) is 9.59 Å². The van der Waals surface area contributed by atoms with Crippen LogP contribution < -0.4 is 4.90 Å². The topological polar surface area (TPSA) is 40.6 Å². The van der Waals surface area contributed by atoms with Crippen LogP contribution in [0.25, 0.3) is 0 Å². The van der Waals surface area contributed by atoms with Crippen molar-refractivity contribution in [2.24, 2.45) is 0 Å². The molecule has 1 aliphatic heterocycles. The van der Waals surface area contributed by atoms with Crippen LogP contribution in [0.5, 0.6) is 0 Å². The van der Waals surface area contributed by atoms with Gasteiger partial charge in [-0.1, -0.05) is 18.2 Å². The van der Waals surface area contributed by atoms with E-state index >= 15 is 0 Å². The molecule has 0 saturated carbocycles. The number of hydrogen-bond acceptors (Lipinski definition) is 3. The van der Waals surface area contributed by atoms with Gasteiger partial charge >= 0.3 is 0 Å². The molecule has 2 aromatic rings. The van der Waals surface area contributed by atoms with Crippen molar-refractivity contribution in [1.82, 2.24) is 4.90 Å². The highest BCUT2D eigenvalue weighted by atomic mass is 32.2. The van der Waals surface area contributed by atoms with Gasteiger partial charge in [-0.2, -0.15) is 0 Å². The van der Waals surface area contributed by atoms with Gasteiger partial charge in [0.25, 0.3) is 0 Å². The van der Waals surface area contributed by atoms with Crippen molar-refractivity contribution in [3.8, 4) is 0 Å². The Morgan fingerprint density at radius 3 is 2.64 bits per heavy atom. The zero-order valence-corrected chi connectivity index (χ0v) is 16.6. The van der Waals surface area contributed by atoms with Crippen molar-refractivity contribution in [2.75, 3.05) is 24.2 Å². The largest absolute Gasteiger partial charge is 0.339 e. The number of nitrogens with zero attached hydrogens (tertiary/aromatic N) is 2. The van der Waals surface area contributed by atoms with Crippen molar-refractivity contribution in [2.45, 2.75) is 30.7 Å². The molecule has 0 radical (unpaired) electrons. The fourth-order valence-corrected chi connectivity index (χ4v) is 4.16. The number of benzene rings is 2. The van der Waals surface area contributed by atoms with E-state index in [1.165, 1.54) is 11.0 Å². The molecule has 148 valence electrons. The van der Waals surface area contributed by atoms with Crippen molar-refractivity contribution in [3.63, 3.8) is 0 Å². The standard InChI is InChI=1S/C21H22F2N2O2S/c1-14(15-7-8-16(22)17(23)13-15)24(2)20(26)9-10-21(27)25-11-12-28-19-6-4-3-5-18(19)25/h3-8,13-14H,9-12H2,1-2H3. The second-order valence-corrected chi connectivity index (χ2v) is 7.85. The molecule has 7 heteroatoms. The smallest absolute Gasteiger partial charge is 0.227 e. The minimum absolute atomic E-state index is 0.0646. The third kappa shape index (κ3) is 4.35. The van der Waals surface area contributed by atoms with E-state index in [4.69, 9.17) is 0 Å². The molecular weight excluding hydrogens is 382 g/mol. The van der Waals surface area contributed by atoms with Crippen LogP contribution in [-0.4, -0.2) is 36.1 Å². The van der Waals surface area contributed by atoms with E-state index < -0.39 is 17.7 Å². The molecule has 1 unspecified atom stereocenters. The fourth-order valence-electron chi connectivity index (χ4n) is 3.17. The number of fused-ring (bicyclic) bond motifs is 1. The maximum Gasteiger partial charge on any atom is 0.227 e. The Kier molecular flexibility index (Phi) is 6.34. The van der Waals surface area contributed by atoms with Crippen LogP contribution >= 0.6 is 11.8 Å². The van der Waals surface area contributed by atoms with Crippen LogP contribution in [0.1, 0.15) is 31.4 Å². The SMILES string of the molecule is CC(c1ccc(F)c(F)c1)N(C)C(=O)CCC(=O)N1CCSc2ccccc21. The Balaban J connectivity index is 1.60. The Morgan fingerprint density at radius 1 is 1.14 bits per heavy atom. The van der Waals surface area contributed by atoms with E-state index in [-0.39, 0.29) is 24.7 Å². The number of hydrogen-bond donors (Lipinski definition) is 0. The van der Waals surface area contributed by atoms with Crippen LogP contribution in [0.3, 0.4) is 0 Å². The fraction of sp³-hybridized carbons (Fsp3) is 0.333. The monoisotopic (exact) mass is 404 g/mol. The molecule has 2 aromatic carbocycles. The molecule has 28 heavy (non-hydrogen) atoms. The lowest BCUT2D eigenvalue weighted by Gasteiger charge is -2.29.